The fraction of sp³-hybridized carbons (Fsp3) is 0.143. The number of non-ortho nitro benzene ring substituents is 1. The maximum absolute atomic E-state index is 10.6. The van der Waals surface area contributed by atoms with E-state index in [9.17, 15) is 37.1 Å². The van der Waals surface area contributed by atoms with E-state index in [1.165, 1.54) is 12.1 Å². The maximum Gasteiger partial charge on any atom is 0.294 e. The topological polar surface area (TPSA) is 195 Å². The second-order valence-electron chi connectivity index (χ2n) is 5.34. The summed E-state index contributed by atoms with van der Waals surface area (Å²) in [5, 5.41) is 21.0. The molecule has 0 saturated heterocycles. The van der Waals surface area contributed by atoms with E-state index < -0.39 is 47.2 Å². The minimum Gasteiger partial charge on any atom is -0.285 e. The molecule has 2 aromatic carbocycles. The van der Waals surface area contributed by atoms with Gasteiger partial charge >= 0.3 is 0 Å². The molecule has 152 valence electrons. The van der Waals surface area contributed by atoms with Gasteiger partial charge in [-0.25, -0.2) is 0 Å². The van der Waals surface area contributed by atoms with Crippen LogP contribution in [-0.4, -0.2) is 35.8 Å². The molecule has 12 nitrogen and oxygen atoms in total. The van der Waals surface area contributed by atoms with Crippen molar-refractivity contribution in [1.29, 1.82) is 0 Å². The molecule has 2 rings (SSSR count). The lowest BCUT2D eigenvalue weighted by Crippen LogP contribution is -2.05. The van der Waals surface area contributed by atoms with Crippen LogP contribution in [0.5, 0.6) is 0 Å². The van der Waals surface area contributed by atoms with Crippen LogP contribution in [0.15, 0.2) is 47.4 Å². The van der Waals surface area contributed by atoms with E-state index in [1.807, 2.05) is 6.92 Å². The predicted molar refractivity (Wildman–Crippen MR) is 96.0 cm³/mol. The Morgan fingerprint density at radius 2 is 1.43 bits per heavy atom. The van der Waals surface area contributed by atoms with Crippen LogP contribution >= 0.6 is 0 Å². The molecule has 2 aromatic rings. The van der Waals surface area contributed by atoms with Gasteiger partial charge in [0.05, 0.1) is 20.8 Å². The van der Waals surface area contributed by atoms with Gasteiger partial charge in [0.15, 0.2) is 0 Å². The molecule has 0 atom stereocenters. The lowest BCUT2D eigenvalue weighted by molar-refractivity contribution is -0.394. The molecule has 0 radical (unpaired) electrons. The Labute approximate surface area is 159 Å². The zero-order valence-corrected chi connectivity index (χ0v) is 15.8. The standard InChI is InChI=1S/C7H6N2O7S.C7H8O3S/c10-8(11)6-2-1-5(4-17(14,15)16)7(3-6)9(12)13;1-6-2-4-7(5-3-6)11(8,9)10/h1-3H,4H2,(H,14,15,16);2-5H,1H3,(H,8,9,10). The average Bonchev–Trinajstić information content (AvgIpc) is 2.53. The monoisotopic (exact) mass is 434 g/mol. The van der Waals surface area contributed by atoms with Gasteiger partial charge in [0.1, 0.15) is 5.75 Å². The second kappa shape index (κ2) is 8.83. The summed E-state index contributed by atoms with van der Waals surface area (Å²) in [4.78, 5) is 19.1. The van der Waals surface area contributed by atoms with Gasteiger partial charge in [0.2, 0.25) is 0 Å². The summed E-state index contributed by atoms with van der Waals surface area (Å²) < 4.78 is 59.3. The molecule has 0 spiro atoms. The fourth-order valence-corrected chi connectivity index (χ4v) is 2.98. The maximum atomic E-state index is 10.6. The molecular weight excluding hydrogens is 420 g/mol. The van der Waals surface area contributed by atoms with Crippen LogP contribution in [0.3, 0.4) is 0 Å². The number of aryl methyl sites for hydroxylation is 1. The van der Waals surface area contributed by atoms with E-state index in [0.717, 1.165) is 17.7 Å². The van der Waals surface area contributed by atoms with E-state index in [0.29, 0.717) is 6.07 Å². The third-order valence-electron chi connectivity index (χ3n) is 3.13. The molecule has 0 aliphatic rings. The fourth-order valence-electron chi connectivity index (χ4n) is 1.86. The van der Waals surface area contributed by atoms with E-state index in [1.54, 1.807) is 12.1 Å². The molecule has 0 aliphatic heterocycles. The first kappa shape index (κ1) is 23.1. The second-order valence-corrected chi connectivity index (χ2v) is 8.22. The minimum atomic E-state index is -4.44. The van der Waals surface area contributed by atoms with Crippen LogP contribution in [0.2, 0.25) is 0 Å². The highest BCUT2D eigenvalue weighted by molar-refractivity contribution is 7.85. The van der Waals surface area contributed by atoms with Crippen LogP contribution in [0, 0.1) is 27.2 Å². The number of nitro groups is 2. The number of hydrogen-bond donors (Lipinski definition) is 2. The van der Waals surface area contributed by atoms with Crippen molar-refractivity contribution in [3.8, 4) is 0 Å². The number of nitrogens with zero attached hydrogens (tertiary/aromatic N) is 2. The van der Waals surface area contributed by atoms with Crippen molar-refractivity contribution >= 4 is 31.6 Å². The summed E-state index contributed by atoms with van der Waals surface area (Å²) in [6.07, 6.45) is 0. The van der Waals surface area contributed by atoms with Gasteiger partial charge in [0.25, 0.3) is 31.6 Å². The molecule has 0 fully saturated rings. The predicted octanol–water partition coefficient (Wildman–Crippen LogP) is 2.13. The molecule has 0 aliphatic carbocycles. The van der Waals surface area contributed by atoms with Crippen LogP contribution in [-0.2, 0) is 26.0 Å². The van der Waals surface area contributed by atoms with Gasteiger partial charge in [0, 0.05) is 11.6 Å². The summed E-state index contributed by atoms with van der Waals surface area (Å²) >= 11 is 0. The van der Waals surface area contributed by atoms with Gasteiger partial charge in [-0.1, -0.05) is 17.7 Å². The molecule has 0 aromatic heterocycles. The lowest BCUT2D eigenvalue weighted by Gasteiger charge is -2.00. The van der Waals surface area contributed by atoms with Gasteiger partial charge < -0.3 is 0 Å². The summed E-state index contributed by atoms with van der Waals surface area (Å²) in [7, 11) is -8.46. The highest BCUT2D eigenvalue weighted by atomic mass is 32.2. The molecule has 0 saturated carbocycles. The molecule has 0 amide bonds. The first-order valence-electron chi connectivity index (χ1n) is 7.12. The van der Waals surface area contributed by atoms with Crippen molar-refractivity contribution in [2.75, 3.05) is 0 Å². The number of nitro benzene ring substituents is 2. The number of rotatable bonds is 5. The van der Waals surface area contributed by atoms with E-state index in [-0.39, 0.29) is 10.5 Å². The average molecular weight is 434 g/mol. The Kier molecular flexibility index (Phi) is 7.29. The van der Waals surface area contributed by atoms with E-state index in [2.05, 4.69) is 0 Å². The Morgan fingerprint density at radius 1 is 0.893 bits per heavy atom. The smallest absolute Gasteiger partial charge is 0.285 e. The largest absolute Gasteiger partial charge is 0.294 e. The summed E-state index contributed by atoms with van der Waals surface area (Å²) in [6.45, 7) is 1.84. The van der Waals surface area contributed by atoms with Crippen molar-refractivity contribution in [2.45, 2.75) is 17.6 Å². The molecule has 2 N–H and O–H groups in total. The Hall–Kier alpha value is -2.94. The van der Waals surface area contributed by atoms with Crippen LogP contribution in [0.25, 0.3) is 0 Å². The lowest BCUT2D eigenvalue weighted by atomic mass is 10.2. The number of hydrogen-bond acceptors (Lipinski definition) is 8. The van der Waals surface area contributed by atoms with E-state index in [4.69, 9.17) is 9.11 Å². The highest BCUT2D eigenvalue weighted by Gasteiger charge is 2.22. The third kappa shape index (κ3) is 7.36. The zero-order valence-electron chi connectivity index (χ0n) is 14.1. The van der Waals surface area contributed by atoms with Crippen LogP contribution in [0.1, 0.15) is 11.1 Å². The normalized spacial score (nSPS) is 11.2. The van der Waals surface area contributed by atoms with Gasteiger partial charge in [-0.05, 0) is 25.1 Å². The van der Waals surface area contributed by atoms with Crippen molar-refractivity contribution in [3.63, 3.8) is 0 Å². The zero-order chi connectivity index (χ0) is 21.7. The van der Waals surface area contributed by atoms with Crippen molar-refractivity contribution < 1.29 is 35.8 Å². The molecular formula is C14H14N2O10S2. The van der Waals surface area contributed by atoms with Crippen molar-refractivity contribution in [2.24, 2.45) is 0 Å². The number of benzene rings is 2. The molecule has 14 heteroatoms. The molecule has 0 heterocycles. The van der Waals surface area contributed by atoms with Crippen molar-refractivity contribution in [3.05, 3.63) is 73.8 Å². The first-order chi connectivity index (χ1) is 12.7. The molecule has 28 heavy (non-hydrogen) atoms. The summed E-state index contributed by atoms with van der Waals surface area (Å²) in [6, 6.07) is 8.47. The Balaban J connectivity index is 0.000000307. The summed E-state index contributed by atoms with van der Waals surface area (Å²) in [5.74, 6) is -0.971. The van der Waals surface area contributed by atoms with Crippen LogP contribution in [0.4, 0.5) is 11.4 Å². The summed E-state index contributed by atoms with van der Waals surface area (Å²) in [5.41, 5.74) is -0.617. The van der Waals surface area contributed by atoms with Crippen LogP contribution < -0.4 is 0 Å². The minimum absolute atomic E-state index is 0.0666. The Morgan fingerprint density at radius 3 is 1.82 bits per heavy atom. The van der Waals surface area contributed by atoms with E-state index >= 15 is 0 Å². The quantitative estimate of drug-likeness (QED) is 0.399. The van der Waals surface area contributed by atoms with Gasteiger partial charge in [-0.3, -0.25) is 29.3 Å². The van der Waals surface area contributed by atoms with Crippen molar-refractivity contribution in [1.82, 2.24) is 0 Å². The third-order valence-corrected chi connectivity index (χ3v) is 4.68. The van der Waals surface area contributed by atoms with Gasteiger partial charge in [-0.2, -0.15) is 16.8 Å². The SMILES string of the molecule is Cc1ccc(S(=O)(=O)O)cc1.O=[N+]([O-])c1ccc(CS(=O)(=O)O)c([N+](=O)[O-])c1. The highest BCUT2D eigenvalue weighted by Crippen LogP contribution is 2.25. The Bertz CT molecular complexity index is 1090. The van der Waals surface area contributed by atoms with Gasteiger partial charge in [-0.15, -0.1) is 0 Å². The molecule has 0 unspecified atom stereocenters. The first-order valence-corrected chi connectivity index (χ1v) is 10.2. The molecule has 0 bridgehead atoms.